The molecule has 3 heterocycles. The number of methoxy groups -OCH3 is 1. The van der Waals surface area contributed by atoms with E-state index in [2.05, 4.69) is 49.6 Å². The minimum atomic E-state index is -3.46. The van der Waals surface area contributed by atoms with Crippen molar-refractivity contribution in [2.24, 2.45) is 17.8 Å². The molecule has 296 valence electrons. The maximum atomic E-state index is 15.2. The van der Waals surface area contributed by atoms with Gasteiger partial charge in [0.15, 0.2) is 9.84 Å². The van der Waals surface area contributed by atoms with Crippen LogP contribution in [0.2, 0.25) is 0 Å². The minimum Gasteiger partial charge on any atom is -0.453 e. The number of hydrogen-bond acceptors (Lipinski definition) is 8. The zero-order valence-corrected chi connectivity index (χ0v) is 32.9. The number of ether oxygens (including phenoxy) is 1. The SMILES string of the molecule is C=CC(=O)NC1CC(S(=O)(=O)c2ccc(N3CC(CN4CCC([C@@](Cn5ccnc5CC)(c5cccc(F)c5)[C@H]5CCC[C@@H]5NC(=O)OC)CC4)C3)cc2)C1. The fourth-order valence-electron chi connectivity index (χ4n) is 10.0. The Morgan fingerprint density at radius 2 is 1.80 bits per heavy atom. The minimum absolute atomic E-state index is 0.0836. The molecule has 2 aliphatic carbocycles. The van der Waals surface area contributed by atoms with Crippen LogP contribution in [0, 0.1) is 23.6 Å². The second kappa shape index (κ2) is 16.5. The first-order valence-electron chi connectivity index (χ1n) is 19.9. The Morgan fingerprint density at radius 1 is 1.05 bits per heavy atom. The molecular formula is C42H55FN6O5S. The van der Waals surface area contributed by atoms with Crippen molar-refractivity contribution in [3.63, 3.8) is 0 Å². The molecule has 2 amide bonds. The summed E-state index contributed by atoms with van der Waals surface area (Å²) in [7, 11) is -2.05. The number of likely N-dealkylation sites (tertiary alicyclic amines) is 1. The summed E-state index contributed by atoms with van der Waals surface area (Å²) in [6.07, 6.45) is 11.0. The van der Waals surface area contributed by atoms with E-state index in [9.17, 15) is 18.0 Å². The number of nitrogens with zero attached hydrogens (tertiary/aromatic N) is 4. The summed E-state index contributed by atoms with van der Waals surface area (Å²) in [6.45, 7) is 10.9. The van der Waals surface area contributed by atoms with E-state index in [1.807, 2.05) is 30.6 Å². The summed E-state index contributed by atoms with van der Waals surface area (Å²) in [5.74, 6) is 1.33. The number of alkyl carbamates (subject to hydrolysis) is 1. The summed E-state index contributed by atoms with van der Waals surface area (Å²) < 4.78 is 48.9. The zero-order valence-electron chi connectivity index (χ0n) is 32.0. The number of piperidine rings is 1. The Labute approximate surface area is 324 Å². The van der Waals surface area contributed by atoms with E-state index in [0.717, 1.165) is 88.3 Å². The molecule has 2 aromatic carbocycles. The van der Waals surface area contributed by atoms with Crippen molar-refractivity contribution in [1.82, 2.24) is 25.1 Å². The molecule has 2 saturated carbocycles. The standard InChI is InChI=1S/C42H55FN6O5S/c1-4-39-44-18-21-48(39)28-42(31-8-6-9-32(43)22-31,37-10-7-11-38(37)46-41(51)54-3)30-16-19-47(20-17-30)25-29-26-49(27-29)34-12-14-35(15-13-34)55(52,53)36-23-33(24-36)45-40(50)5-2/h5-6,8-9,12-15,18,21-22,29-30,33,36-38H,2,4,7,10-11,16-17,19-20,23-28H2,1,3H3,(H,45,50)(H,46,51)/t33?,36?,37-,38-,42-/m0/s1. The maximum absolute atomic E-state index is 15.2. The molecule has 55 heavy (non-hydrogen) atoms. The fraction of sp³-hybridized carbons (Fsp3) is 0.548. The Bertz CT molecular complexity index is 1930. The van der Waals surface area contributed by atoms with E-state index >= 15 is 4.39 Å². The first kappa shape index (κ1) is 39.0. The van der Waals surface area contributed by atoms with Crippen LogP contribution in [-0.2, 0) is 37.7 Å². The van der Waals surface area contributed by atoms with Crippen LogP contribution >= 0.6 is 0 Å². The van der Waals surface area contributed by atoms with Gasteiger partial charge in [0.2, 0.25) is 5.91 Å². The van der Waals surface area contributed by atoms with E-state index in [1.54, 1.807) is 18.2 Å². The van der Waals surface area contributed by atoms with E-state index in [4.69, 9.17) is 4.74 Å². The molecule has 0 unspecified atom stereocenters. The van der Waals surface area contributed by atoms with E-state index in [-0.39, 0.29) is 35.6 Å². The first-order chi connectivity index (χ1) is 26.5. The van der Waals surface area contributed by atoms with Crippen molar-refractivity contribution in [2.75, 3.05) is 44.7 Å². The number of imidazole rings is 1. The Morgan fingerprint density at radius 3 is 2.47 bits per heavy atom. The summed E-state index contributed by atoms with van der Waals surface area (Å²) in [5, 5.41) is 5.47. The number of amides is 2. The van der Waals surface area contributed by atoms with Gasteiger partial charge in [0.05, 0.1) is 17.3 Å². The number of hydrogen-bond donors (Lipinski definition) is 2. The largest absolute Gasteiger partial charge is 0.453 e. The molecule has 0 bridgehead atoms. The summed E-state index contributed by atoms with van der Waals surface area (Å²) in [4.78, 5) is 34.0. The van der Waals surface area contributed by atoms with Crippen molar-refractivity contribution >= 4 is 27.5 Å². The van der Waals surface area contributed by atoms with Crippen LogP contribution in [0.5, 0.6) is 0 Å². The molecule has 7 rings (SSSR count). The highest BCUT2D eigenvalue weighted by molar-refractivity contribution is 7.92. The van der Waals surface area contributed by atoms with Crippen molar-refractivity contribution in [3.05, 3.63) is 90.8 Å². The molecule has 1 aromatic heterocycles. The van der Waals surface area contributed by atoms with Gasteiger partial charge in [-0.3, -0.25) is 4.79 Å². The van der Waals surface area contributed by atoms with Crippen molar-refractivity contribution in [3.8, 4) is 0 Å². The quantitative estimate of drug-likeness (QED) is 0.206. The lowest BCUT2D eigenvalue weighted by Crippen LogP contribution is -2.56. The Hall–Kier alpha value is -4.23. The summed E-state index contributed by atoms with van der Waals surface area (Å²) >= 11 is 0. The maximum Gasteiger partial charge on any atom is 0.407 e. The third-order valence-corrected chi connectivity index (χ3v) is 15.2. The predicted molar refractivity (Wildman–Crippen MR) is 210 cm³/mol. The highest BCUT2D eigenvalue weighted by Gasteiger charge is 2.52. The van der Waals surface area contributed by atoms with Gasteiger partial charge in [-0.15, -0.1) is 0 Å². The second-order valence-corrected chi connectivity index (χ2v) is 18.3. The lowest BCUT2D eigenvalue weighted by molar-refractivity contribution is -0.117. The molecule has 11 nitrogen and oxygen atoms in total. The molecular weight excluding hydrogens is 720 g/mol. The van der Waals surface area contributed by atoms with Gasteiger partial charge in [-0.25, -0.2) is 22.6 Å². The highest BCUT2D eigenvalue weighted by atomic mass is 32.2. The lowest BCUT2D eigenvalue weighted by atomic mass is 9.58. The first-order valence-corrected chi connectivity index (χ1v) is 21.4. The second-order valence-electron chi connectivity index (χ2n) is 16.0. The van der Waals surface area contributed by atoms with Gasteiger partial charge in [-0.1, -0.05) is 32.1 Å². The zero-order chi connectivity index (χ0) is 38.7. The number of benzene rings is 2. The topological polar surface area (TPSA) is 126 Å². The number of rotatable bonds is 14. The molecule has 0 radical (unpaired) electrons. The third kappa shape index (κ3) is 8.05. The Kier molecular flexibility index (Phi) is 11.7. The number of sulfone groups is 1. The van der Waals surface area contributed by atoms with Gasteiger partial charge in [0.1, 0.15) is 11.6 Å². The molecule has 3 aromatic rings. The number of anilines is 1. The van der Waals surface area contributed by atoms with Gasteiger partial charge in [0, 0.05) is 74.1 Å². The molecule has 0 spiro atoms. The van der Waals surface area contributed by atoms with Gasteiger partial charge in [-0.2, -0.15) is 0 Å². The van der Waals surface area contributed by atoms with Crippen LogP contribution in [-0.4, -0.2) is 92.0 Å². The van der Waals surface area contributed by atoms with Crippen molar-refractivity contribution in [2.45, 2.75) is 92.5 Å². The lowest BCUT2D eigenvalue weighted by Gasteiger charge is -2.51. The van der Waals surface area contributed by atoms with Crippen LogP contribution in [0.1, 0.15) is 63.3 Å². The number of carbonyl (C=O) groups is 2. The number of nitrogens with one attached hydrogen (secondary N) is 2. The van der Waals surface area contributed by atoms with E-state index in [0.29, 0.717) is 30.2 Å². The number of halogens is 1. The van der Waals surface area contributed by atoms with Crippen molar-refractivity contribution in [1.29, 1.82) is 0 Å². The van der Waals surface area contributed by atoms with E-state index < -0.39 is 26.6 Å². The van der Waals surface area contributed by atoms with Crippen LogP contribution in [0.4, 0.5) is 14.9 Å². The van der Waals surface area contributed by atoms with Gasteiger partial charge >= 0.3 is 6.09 Å². The number of aryl methyl sites for hydroxylation is 1. The van der Waals surface area contributed by atoms with Gasteiger partial charge < -0.3 is 29.7 Å². The molecule has 4 fully saturated rings. The third-order valence-electron chi connectivity index (χ3n) is 13.0. The van der Waals surface area contributed by atoms with Crippen LogP contribution in [0.15, 0.2) is 78.5 Å². The summed E-state index contributed by atoms with van der Waals surface area (Å²) in [6, 6.07) is 14.2. The molecule has 3 atom stereocenters. The monoisotopic (exact) mass is 774 g/mol. The number of aromatic nitrogens is 2. The summed E-state index contributed by atoms with van der Waals surface area (Å²) in [5.41, 5.74) is 1.58. The van der Waals surface area contributed by atoms with Gasteiger partial charge in [0.25, 0.3) is 0 Å². The molecule has 4 aliphatic rings. The van der Waals surface area contributed by atoms with Crippen LogP contribution < -0.4 is 15.5 Å². The average Bonchev–Trinajstić information content (AvgIpc) is 3.82. The Balaban J connectivity index is 1.01. The molecule has 2 aliphatic heterocycles. The average molecular weight is 775 g/mol. The van der Waals surface area contributed by atoms with Crippen molar-refractivity contribution < 1.29 is 27.1 Å². The van der Waals surface area contributed by atoms with E-state index in [1.165, 1.54) is 19.3 Å². The van der Waals surface area contributed by atoms with Crippen LogP contribution in [0.25, 0.3) is 0 Å². The smallest absolute Gasteiger partial charge is 0.407 e. The fourth-order valence-corrected chi connectivity index (χ4v) is 11.9. The molecule has 2 saturated heterocycles. The molecule has 13 heteroatoms. The predicted octanol–water partition coefficient (Wildman–Crippen LogP) is 5.50. The van der Waals surface area contributed by atoms with Gasteiger partial charge in [-0.05, 0) is 111 Å². The van der Waals surface area contributed by atoms with Crippen LogP contribution in [0.3, 0.4) is 0 Å². The highest BCUT2D eigenvalue weighted by Crippen LogP contribution is 2.52. The normalized spacial score (nSPS) is 24.7. The number of carbonyl (C=O) groups excluding carboxylic acids is 2. The molecule has 2 N–H and O–H groups in total.